The Hall–Kier alpha value is -4.24. The molecule has 1 rings (SSSR count). The van der Waals surface area contributed by atoms with Gasteiger partial charge in [-0.3, -0.25) is 0 Å². The van der Waals surface area contributed by atoms with Crippen molar-refractivity contribution in [1.29, 1.82) is 0 Å². The van der Waals surface area contributed by atoms with Gasteiger partial charge >= 0.3 is 185 Å². The van der Waals surface area contributed by atoms with Crippen molar-refractivity contribution in [3.05, 3.63) is 24.3 Å². The summed E-state index contributed by atoms with van der Waals surface area (Å²) in [5, 5.41) is 11.0. The van der Waals surface area contributed by atoms with E-state index in [0.717, 1.165) is 25.7 Å². The van der Waals surface area contributed by atoms with Crippen LogP contribution in [0.2, 0.25) is 0 Å². The quantitative estimate of drug-likeness (QED) is 0.0435. The normalized spacial score (nSPS) is 15.2. The fourth-order valence-corrected chi connectivity index (χ4v) is 4.11. The van der Waals surface area contributed by atoms with E-state index in [4.69, 9.17) is 28.4 Å². The van der Waals surface area contributed by atoms with Crippen LogP contribution in [-0.2, 0) is 38.0 Å². The van der Waals surface area contributed by atoms with Gasteiger partial charge in [-0.2, -0.15) is 0 Å². The van der Waals surface area contributed by atoms with Crippen LogP contribution >= 0.6 is 0 Å². The van der Waals surface area contributed by atoms with Crippen LogP contribution in [0.3, 0.4) is 0 Å². The second kappa shape index (κ2) is 24.1. The third-order valence-electron chi connectivity index (χ3n) is 6.47. The monoisotopic (exact) mass is 652 g/mol. The van der Waals surface area contributed by atoms with Crippen LogP contribution in [0, 0.1) is 11.8 Å². The van der Waals surface area contributed by atoms with Crippen LogP contribution in [0.15, 0.2) is 24.3 Å². The predicted molar refractivity (Wildman–Crippen MR) is 170 cm³/mol. The summed E-state index contributed by atoms with van der Waals surface area (Å²) >= 11 is 0. The topological polar surface area (TPSA) is 189 Å². The van der Waals surface area contributed by atoms with E-state index in [2.05, 4.69) is 41.9 Å². The molecule has 0 bridgehead atoms. The van der Waals surface area contributed by atoms with E-state index < -0.39 is 30.2 Å². The maximum absolute atomic E-state index is 12.0. The molecule has 1 aliphatic carbocycles. The van der Waals surface area contributed by atoms with Crippen molar-refractivity contribution >= 4 is 43.5 Å². The van der Waals surface area contributed by atoms with Gasteiger partial charge < -0.3 is 14.8 Å². The third-order valence-corrected chi connectivity index (χ3v) is 6.47. The molecule has 0 aliphatic heterocycles. The van der Waals surface area contributed by atoms with Gasteiger partial charge in [-0.25, -0.2) is 14.4 Å². The van der Waals surface area contributed by atoms with E-state index in [-0.39, 0.29) is 52.7 Å². The van der Waals surface area contributed by atoms with Crippen molar-refractivity contribution in [1.82, 2.24) is 21.3 Å². The van der Waals surface area contributed by atoms with Gasteiger partial charge in [-0.1, -0.05) is 13.2 Å². The number of carbonyl (C=O) groups is 5. The molecule has 258 valence electrons. The molecule has 0 radical (unpaired) electrons. The summed E-state index contributed by atoms with van der Waals surface area (Å²) in [4.78, 5) is 57.9. The summed E-state index contributed by atoms with van der Waals surface area (Å²) in [6.07, 6.45) is 2.91. The fourth-order valence-electron chi connectivity index (χ4n) is 4.11. The van der Waals surface area contributed by atoms with E-state index in [1.165, 1.54) is 0 Å². The van der Waals surface area contributed by atoms with Crippen molar-refractivity contribution in [2.24, 2.45) is 11.8 Å². The molecule has 3 amide bonds. The Labute approximate surface area is 271 Å². The number of hydrogen-bond donors (Lipinski definition) is 4. The minimum absolute atomic E-state index is 0.0119. The maximum atomic E-state index is 12.0. The molecule has 15 nitrogen and oxygen atoms in total. The molecule has 46 heavy (non-hydrogen) atoms. The molecule has 16 heteroatoms. The Morgan fingerprint density at radius 1 is 0.609 bits per heavy atom. The van der Waals surface area contributed by atoms with E-state index in [1.807, 2.05) is 0 Å². The molecular formula is C30H49BN4O11. The van der Waals surface area contributed by atoms with Gasteiger partial charge in [-0.15, -0.1) is 0 Å². The van der Waals surface area contributed by atoms with Crippen LogP contribution < -0.4 is 21.3 Å². The van der Waals surface area contributed by atoms with E-state index in [9.17, 15) is 24.0 Å². The predicted octanol–water partition coefficient (Wildman–Crippen LogP) is 1.58. The third kappa shape index (κ3) is 20.7. The Morgan fingerprint density at radius 2 is 1.02 bits per heavy atom. The van der Waals surface area contributed by atoms with Crippen LogP contribution in [0.4, 0.5) is 14.4 Å². The molecule has 0 spiro atoms. The number of esters is 2. The molecule has 0 aromatic rings. The number of carbonyl (C=O) groups excluding carboxylic acids is 5. The van der Waals surface area contributed by atoms with Gasteiger partial charge in [0.2, 0.25) is 0 Å². The summed E-state index contributed by atoms with van der Waals surface area (Å²) in [7, 11) is 3.86. The molecule has 0 saturated heterocycles. The van der Waals surface area contributed by atoms with Crippen molar-refractivity contribution in [3.8, 4) is 0 Å². The standard InChI is InChI=1S/C30H49BN4O11/c1-21(2)25(36)41-12-6-14-44-28(38)32-10-16-43-27(31)34-19-23-8-5-9-24(18-23)20-35-30(40)46-17-11-33-29(39)45-15-7-13-42-26(37)22(3)4/h23-24,31,34H,1,3,5-20H2,2,4H3,(H,32,38)(H,33,39)(H,35,40). The first kappa shape index (κ1) is 39.8. The van der Waals surface area contributed by atoms with Crippen molar-refractivity contribution in [3.63, 3.8) is 0 Å². The molecule has 2 atom stereocenters. The molecule has 0 aromatic carbocycles. The minimum atomic E-state index is -0.657. The number of alkyl carbamates (subject to hydrolysis) is 3. The molecule has 0 aromatic heterocycles. The second-order valence-corrected chi connectivity index (χ2v) is 10.7. The number of rotatable bonds is 22. The van der Waals surface area contributed by atoms with Gasteiger partial charge in [0.05, 0.1) is 13.2 Å². The summed E-state index contributed by atoms with van der Waals surface area (Å²) in [5.41, 5.74) is 0.611. The zero-order valence-corrected chi connectivity index (χ0v) is 27.1. The summed E-state index contributed by atoms with van der Waals surface area (Å²) in [6, 6.07) is 0. The first-order valence-electron chi connectivity index (χ1n) is 15.4. The van der Waals surface area contributed by atoms with Gasteiger partial charge in [0.15, 0.2) is 0 Å². The molecule has 4 N–H and O–H groups in total. The molecule has 2 unspecified atom stereocenters. The van der Waals surface area contributed by atoms with Crippen molar-refractivity contribution in [2.45, 2.75) is 52.4 Å². The smallest absolute Gasteiger partial charge is 0.247 e. The average Bonchev–Trinajstić information content (AvgIpc) is 3.02. The van der Waals surface area contributed by atoms with Gasteiger partial charge in [0.25, 0.3) is 0 Å². The second-order valence-electron chi connectivity index (χ2n) is 10.7. The minimum Gasteiger partial charge on any atom is -0.247 e. The van der Waals surface area contributed by atoms with Crippen LogP contribution in [0.5, 0.6) is 0 Å². The SMILES string of the molecule is B=C(NCC1CCCC(CNC(=O)OCCNC(=O)OCCCOC(=O)C(=C)C)C1)OCCNC(=O)OCCCOC(=O)C(=C)C. The molecule has 1 saturated carbocycles. The number of amides is 3. The van der Waals surface area contributed by atoms with Crippen molar-refractivity contribution < 1.29 is 52.4 Å². The molecular weight excluding hydrogens is 603 g/mol. The zero-order valence-electron chi connectivity index (χ0n) is 27.1. The number of hydrogen-bond acceptors (Lipinski definition) is 12. The Morgan fingerprint density at radius 3 is 1.52 bits per heavy atom. The Kier molecular flexibility index (Phi) is 20.8. The first-order chi connectivity index (χ1) is 22.0. The van der Waals surface area contributed by atoms with Gasteiger partial charge in [0, 0.05) is 17.6 Å². The number of nitrogens with one attached hydrogen (secondary N) is 4. The van der Waals surface area contributed by atoms with E-state index >= 15 is 0 Å². The van der Waals surface area contributed by atoms with E-state index in [0.29, 0.717) is 54.7 Å². The van der Waals surface area contributed by atoms with Crippen LogP contribution in [0.25, 0.3) is 0 Å². The summed E-state index contributed by atoms with van der Waals surface area (Å²) in [5.74, 6) is 0.119. The average molecular weight is 653 g/mol. The summed E-state index contributed by atoms with van der Waals surface area (Å²) < 4.78 is 30.4. The van der Waals surface area contributed by atoms with Crippen LogP contribution in [0.1, 0.15) is 52.4 Å². The van der Waals surface area contributed by atoms with Gasteiger partial charge in [-0.05, 0) is 13.8 Å². The molecule has 1 aliphatic rings. The fraction of sp³-hybridized carbons (Fsp3) is 0.667. The van der Waals surface area contributed by atoms with E-state index in [1.54, 1.807) is 13.8 Å². The van der Waals surface area contributed by atoms with Crippen molar-refractivity contribution in [2.75, 3.05) is 65.8 Å². The number of ether oxygens (including phenoxy) is 6. The van der Waals surface area contributed by atoms with Crippen LogP contribution in [-0.4, -0.2) is 109 Å². The summed E-state index contributed by atoms with van der Waals surface area (Å²) in [6.45, 7) is 12.2. The zero-order chi connectivity index (χ0) is 34.2. The first-order valence-corrected chi connectivity index (χ1v) is 15.4. The van der Waals surface area contributed by atoms with Gasteiger partial charge in [0.1, 0.15) is 0 Å². The molecule has 0 heterocycles. The Balaban J connectivity index is 2.05. The Bertz CT molecular complexity index is 962. The molecule has 1 fully saturated rings.